The Bertz CT molecular complexity index is 200. The Balaban J connectivity index is 2.91. The first-order valence-corrected chi connectivity index (χ1v) is 8.05. The number of allylic oxidation sites excluding steroid dienone is 4. The van der Waals surface area contributed by atoms with E-state index in [-0.39, 0.29) is 0 Å². The van der Waals surface area contributed by atoms with Crippen LogP contribution in [-0.4, -0.2) is 6.00 Å². The van der Waals surface area contributed by atoms with E-state index in [0.717, 1.165) is 5.20 Å². The van der Waals surface area contributed by atoms with Gasteiger partial charge < -0.3 is 0 Å². The van der Waals surface area contributed by atoms with Gasteiger partial charge in [-0.1, -0.05) is 23.8 Å². The normalized spacial score (nSPS) is 18.8. The van der Waals surface area contributed by atoms with Crippen molar-refractivity contribution in [1.82, 2.24) is 0 Å². The number of hydrogen-bond acceptors (Lipinski definition) is 0. The summed E-state index contributed by atoms with van der Waals surface area (Å²) in [5.41, 5.74) is 0. The summed E-state index contributed by atoms with van der Waals surface area (Å²) >= 11 is 22.9. The van der Waals surface area contributed by atoms with Crippen LogP contribution in [0.15, 0.2) is 22.4 Å². The van der Waals surface area contributed by atoms with Crippen LogP contribution in [-0.2, 0) is 0 Å². The summed E-state index contributed by atoms with van der Waals surface area (Å²) in [7, 11) is 0. The molecule has 0 atom stereocenters. The van der Waals surface area contributed by atoms with Gasteiger partial charge in [0.15, 0.2) is 0 Å². The molecular formula is C5H4Cl4Si. The molecule has 1 aliphatic rings. The highest BCUT2D eigenvalue weighted by Gasteiger charge is 2.32. The molecule has 0 aromatic heterocycles. The van der Waals surface area contributed by atoms with Crippen LogP contribution in [0.1, 0.15) is 6.42 Å². The first-order valence-electron chi connectivity index (χ1n) is 2.64. The molecule has 0 nitrogen and oxygen atoms in total. The van der Waals surface area contributed by atoms with Gasteiger partial charge >= 0.3 is 6.00 Å². The summed E-state index contributed by atoms with van der Waals surface area (Å²) in [6.45, 7) is 0. The molecular weight excluding hydrogens is 230 g/mol. The van der Waals surface area contributed by atoms with Crippen molar-refractivity contribution in [3.05, 3.63) is 22.4 Å². The zero-order chi connectivity index (χ0) is 7.78. The zero-order valence-corrected chi connectivity index (χ0v) is 8.90. The molecule has 0 N–H and O–H groups in total. The van der Waals surface area contributed by atoms with E-state index in [1.165, 1.54) is 0 Å². The Morgan fingerprint density at radius 1 is 1.30 bits per heavy atom. The van der Waals surface area contributed by atoms with Gasteiger partial charge in [-0.15, -0.1) is 33.2 Å². The molecule has 1 rings (SSSR count). The lowest BCUT2D eigenvalue weighted by Gasteiger charge is -2.07. The molecule has 0 saturated carbocycles. The van der Waals surface area contributed by atoms with Crippen LogP contribution in [0, 0.1) is 0 Å². The first kappa shape index (κ1) is 8.95. The highest BCUT2D eigenvalue weighted by atomic mass is 35.8. The molecule has 0 radical (unpaired) electrons. The molecule has 5 heteroatoms. The lowest BCUT2D eigenvalue weighted by molar-refractivity contribution is 1.40. The molecule has 0 amide bonds. The SMILES string of the molecule is ClC1=C([Si](Cl)(Cl)Cl)C=CC1. The highest BCUT2D eigenvalue weighted by Crippen LogP contribution is 2.37. The van der Waals surface area contributed by atoms with Crippen LogP contribution in [0.5, 0.6) is 0 Å². The minimum atomic E-state index is -2.71. The monoisotopic (exact) mass is 232 g/mol. The van der Waals surface area contributed by atoms with E-state index in [2.05, 4.69) is 0 Å². The Morgan fingerprint density at radius 3 is 2.10 bits per heavy atom. The van der Waals surface area contributed by atoms with Gasteiger partial charge in [-0.2, -0.15) is 0 Å². The molecule has 1 aliphatic carbocycles. The fourth-order valence-electron chi connectivity index (χ4n) is 0.729. The average Bonchev–Trinajstić information content (AvgIpc) is 2.11. The van der Waals surface area contributed by atoms with E-state index in [1.54, 1.807) is 6.08 Å². The third kappa shape index (κ3) is 1.92. The molecule has 56 valence electrons. The second-order valence-electron chi connectivity index (χ2n) is 1.92. The Morgan fingerprint density at radius 2 is 1.90 bits per heavy atom. The maximum absolute atomic E-state index is 5.76. The largest absolute Gasteiger partial charge is 0.374 e. The van der Waals surface area contributed by atoms with E-state index in [4.69, 9.17) is 44.8 Å². The summed E-state index contributed by atoms with van der Waals surface area (Å²) in [4.78, 5) is 0. The van der Waals surface area contributed by atoms with Crippen molar-refractivity contribution >= 4 is 50.8 Å². The molecule has 0 aromatic rings. The summed E-state index contributed by atoms with van der Waals surface area (Å²) in [5.74, 6) is 0. The van der Waals surface area contributed by atoms with Crippen LogP contribution >= 0.6 is 44.8 Å². The predicted molar refractivity (Wildman–Crippen MR) is 49.9 cm³/mol. The van der Waals surface area contributed by atoms with Crippen LogP contribution < -0.4 is 0 Å². The average molecular weight is 234 g/mol. The van der Waals surface area contributed by atoms with Crippen LogP contribution in [0.2, 0.25) is 0 Å². The molecule has 0 heterocycles. The van der Waals surface area contributed by atoms with Crippen LogP contribution in [0.3, 0.4) is 0 Å². The van der Waals surface area contributed by atoms with E-state index < -0.39 is 6.00 Å². The molecule has 0 saturated heterocycles. The lowest BCUT2D eigenvalue weighted by Crippen LogP contribution is -2.12. The molecule has 0 aromatic carbocycles. The molecule has 0 bridgehead atoms. The minimum Gasteiger partial charge on any atom is -0.121 e. The second-order valence-corrected chi connectivity index (χ2v) is 10.8. The van der Waals surface area contributed by atoms with Crippen molar-refractivity contribution in [2.24, 2.45) is 0 Å². The second kappa shape index (κ2) is 3.08. The van der Waals surface area contributed by atoms with Gasteiger partial charge in [0.1, 0.15) is 0 Å². The number of rotatable bonds is 1. The van der Waals surface area contributed by atoms with Crippen molar-refractivity contribution in [2.75, 3.05) is 0 Å². The fraction of sp³-hybridized carbons (Fsp3) is 0.200. The Hall–Kier alpha value is 0.857. The van der Waals surface area contributed by atoms with E-state index in [9.17, 15) is 0 Å². The summed E-state index contributed by atoms with van der Waals surface area (Å²) in [5, 5.41) is 1.39. The molecule has 0 aliphatic heterocycles. The van der Waals surface area contributed by atoms with Crippen molar-refractivity contribution in [3.8, 4) is 0 Å². The quantitative estimate of drug-likeness (QED) is 0.480. The van der Waals surface area contributed by atoms with Gasteiger partial charge in [0.25, 0.3) is 0 Å². The zero-order valence-electron chi connectivity index (χ0n) is 4.87. The van der Waals surface area contributed by atoms with E-state index >= 15 is 0 Å². The predicted octanol–water partition coefficient (Wildman–Crippen LogP) is 3.63. The number of hydrogen-bond donors (Lipinski definition) is 0. The molecule has 0 spiro atoms. The minimum absolute atomic E-state index is 0.673. The van der Waals surface area contributed by atoms with Crippen molar-refractivity contribution < 1.29 is 0 Å². The van der Waals surface area contributed by atoms with Crippen molar-refractivity contribution in [3.63, 3.8) is 0 Å². The van der Waals surface area contributed by atoms with Gasteiger partial charge in [-0.05, 0) is 5.20 Å². The molecule has 10 heavy (non-hydrogen) atoms. The highest BCUT2D eigenvalue weighted by molar-refractivity contribution is 7.67. The van der Waals surface area contributed by atoms with Gasteiger partial charge in [0, 0.05) is 11.5 Å². The van der Waals surface area contributed by atoms with Crippen molar-refractivity contribution in [1.29, 1.82) is 0 Å². The standard InChI is InChI=1S/C5H4Cl4Si/c6-4-2-1-3-5(4)10(7,8)9/h1,3H,2H2. The van der Waals surface area contributed by atoms with Gasteiger partial charge in [-0.25, -0.2) is 0 Å². The van der Waals surface area contributed by atoms with Crippen molar-refractivity contribution in [2.45, 2.75) is 6.42 Å². The topological polar surface area (TPSA) is 0 Å². The van der Waals surface area contributed by atoms with Crippen LogP contribution in [0.25, 0.3) is 0 Å². The van der Waals surface area contributed by atoms with Gasteiger partial charge in [-0.3, -0.25) is 0 Å². The van der Waals surface area contributed by atoms with Gasteiger partial charge in [0.05, 0.1) is 0 Å². The summed E-state index contributed by atoms with van der Waals surface area (Å²) in [6.07, 6.45) is 4.39. The van der Waals surface area contributed by atoms with E-state index in [0.29, 0.717) is 11.5 Å². The maximum Gasteiger partial charge on any atom is 0.374 e. The fourth-order valence-corrected chi connectivity index (χ4v) is 4.05. The molecule has 0 unspecified atom stereocenters. The smallest absolute Gasteiger partial charge is 0.121 e. The van der Waals surface area contributed by atoms with E-state index in [1.807, 2.05) is 6.08 Å². The maximum atomic E-state index is 5.76. The van der Waals surface area contributed by atoms with Crippen LogP contribution in [0.4, 0.5) is 0 Å². The third-order valence-corrected chi connectivity index (χ3v) is 4.61. The molecule has 0 fully saturated rings. The Kier molecular flexibility index (Phi) is 2.75. The first-order chi connectivity index (χ1) is 4.52. The third-order valence-electron chi connectivity index (χ3n) is 1.18. The Labute approximate surface area is 79.5 Å². The summed E-state index contributed by atoms with van der Waals surface area (Å²) < 4.78 is 0. The summed E-state index contributed by atoms with van der Waals surface area (Å²) in [6, 6.07) is -2.71. The lowest BCUT2D eigenvalue weighted by atomic mass is 10.5. The van der Waals surface area contributed by atoms with Gasteiger partial charge in [0.2, 0.25) is 0 Å². The number of halogens is 4.